The molecule has 1 aromatic rings. The number of nitrogens with two attached hydrogens (primary N) is 1. The van der Waals surface area contributed by atoms with E-state index >= 15 is 0 Å². The van der Waals surface area contributed by atoms with Crippen LogP contribution in [0.5, 0.6) is 11.8 Å². The van der Waals surface area contributed by atoms with E-state index in [0.29, 0.717) is 11.8 Å². The molecule has 0 radical (unpaired) electrons. The molecule has 0 bridgehead atoms. The number of anilines is 1. The molecule has 1 aromatic heterocycles. The topological polar surface area (TPSA) is 79.5 Å². The zero-order chi connectivity index (χ0) is 11.4. The van der Waals surface area contributed by atoms with Gasteiger partial charge in [0.05, 0.1) is 26.4 Å². The molecule has 0 unspecified atom stereocenters. The summed E-state index contributed by atoms with van der Waals surface area (Å²) in [5.74, 6) is 1.02. The summed E-state index contributed by atoms with van der Waals surface area (Å²) < 4.78 is 15.9. The molecule has 2 N–H and O–H groups in total. The van der Waals surface area contributed by atoms with E-state index in [9.17, 15) is 0 Å². The fraction of sp³-hybridized carbons (Fsp3) is 0.600. The van der Waals surface area contributed by atoms with Crippen molar-refractivity contribution < 1.29 is 14.2 Å². The van der Waals surface area contributed by atoms with Crippen LogP contribution in [0.25, 0.3) is 0 Å². The fourth-order valence-corrected chi connectivity index (χ4v) is 1.55. The lowest BCUT2D eigenvalue weighted by Crippen LogP contribution is -2.26. The van der Waals surface area contributed by atoms with E-state index in [1.165, 1.54) is 7.11 Å². The Bertz CT molecular complexity index is 353. The molecule has 1 saturated heterocycles. The van der Waals surface area contributed by atoms with Crippen molar-refractivity contribution in [2.45, 2.75) is 18.9 Å². The molecule has 88 valence electrons. The van der Waals surface area contributed by atoms with Crippen LogP contribution in [0.3, 0.4) is 0 Å². The van der Waals surface area contributed by atoms with Gasteiger partial charge in [-0.3, -0.25) is 0 Å². The van der Waals surface area contributed by atoms with Crippen molar-refractivity contribution in [1.82, 2.24) is 9.97 Å². The smallest absolute Gasteiger partial charge is 0.226 e. The van der Waals surface area contributed by atoms with E-state index in [1.54, 1.807) is 6.07 Å². The van der Waals surface area contributed by atoms with Crippen molar-refractivity contribution in [3.05, 3.63) is 6.07 Å². The highest BCUT2D eigenvalue weighted by atomic mass is 16.5. The fourth-order valence-electron chi connectivity index (χ4n) is 1.55. The lowest BCUT2D eigenvalue weighted by atomic mass is 10.2. The Labute approximate surface area is 93.7 Å². The Kier molecular flexibility index (Phi) is 3.40. The van der Waals surface area contributed by atoms with Crippen molar-refractivity contribution in [3.63, 3.8) is 0 Å². The number of nitrogens with zero attached hydrogens (tertiary/aromatic N) is 2. The molecule has 0 atom stereocenters. The van der Waals surface area contributed by atoms with Gasteiger partial charge in [-0.15, -0.1) is 0 Å². The van der Waals surface area contributed by atoms with Crippen molar-refractivity contribution in [2.75, 3.05) is 26.1 Å². The molecule has 0 spiro atoms. The maximum Gasteiger partial charge on any atom is 0.226 e. The predicted molar refractivity (Wildman–Crippen MR) is 57.5 cm³/mol. The average molecular weight is 225 g/mol. The van der Waals surface area contributed by atoms with Gasteiger partial charge in [0.25, 0.3) is 0 Å². The molecule has 1 fully saturated rings. The minimum atomic E-state index is 0.132. The second-order valence-corrected chi connectivity index (χ2v) is 3.54. The summed E-state index contributed by atoms with van der Waals surface area (Å²) in [6.07, 6.45) is 1.87. The first kappa shape index (κ1) is 10.9. The number of hydrogen-bond donors (Lipinski definition) is 1. The molecule has 2 rings (SSSR count). The summed E-state index contributed by atoms with van der Waals surface area (Å²) in [5.41, 5.74) is 5.53. The van der Waals surface area contributed by atoms with Crippen LogP contribution in [0.1, 0.15) is 12.8 Å². The summed E-state index contributed by atoms with van der Waals surface area (Å²) in [4.78, 5) is 7.88. The van der Waals surface area contributed by atoms with Crippen LogP contribution in [-0.4, -0.2) is 36.4 Å². The van der Waals surface area contributed by atoms with Crippen LogP contribution >= 0.6 is 0 Å². The monoisotopic (exact) mass is 225 g/mol. The van der Waals surface area contributed by atoms with Crippen LogP contribution < -0.4 is 15.2 Å². The van der Waals surface area contributed by atoms with E-state index in [4.69, 9.17) is 19.9 Å². The summed E-state index contributed by atoms with van der Waals surface area (Å²) in [5, 5.41) is 0. The molecule has 0 aliphatic carbocycles. The van der Waals surface area contributed by atoms with E-state index in [2.05, 4.69) is 9.97 Å². The van der Waals surface area contributed by atoms with Crippen molar-refractivity contribution in [1.29, 1.82) is 0 Å². The Morgan fingerprint density at radius 2 is 2.00 bits per heavy atom. The van der Waals surface area contributed by atoms with E-state index in [0.717, 1.165) is 26.1 Å². The Morgan fingerprint density at radius 3 is 2.69 bits per heavy atom. The SMILES string of the molecule is COc1cc(OC2CCOCC2)nc(N)n1. The van der Waals surface area contributed by atoms with Gasteiger partial charge in [-0.05, 0) is 0 Å². The highest BCUT2D eigenvalue weighted by Crippen LogP contribution is 2.20. The van der Waals surface area contributed by atoms with Gasteiger partial charge in [-0.1, -0.05) is 0 Å². The number of rotatable bonds is 3. The van der Waals surface area contributed by atoms with Crippen molar-refractivity contribution in [2.24, 2.45) is 0 Å². The third-order valence-electron chi connectivity index (χ3n) is 2.36. The summed E-state index contributed by atoms with van der Waals surface area (Å²) >= 11 is 0. The van der Waals surface area contributed by atoms with Gasteiger partial charge in [0, 0.05) is 12.8 Å². The molecular weight excluding hydrogens is 210 g/mol. The van der Waals surface area contributed by atoms with E-state index < -0.39 is 0 Å². The number of nitrogen functional groups attached to an aromatic ring is 1. The third kappa shape index (κ3) is 2.73. The zero-order valence-corrected chi connectivity index (χ0v) is 9.18. The first-order chi connectivity index (χ1) is 7.78. The van der Waals surface area contributed by atoms with Gasteiger partial charge in [0.15, 0.2) is 0 Å². The largest absolute Gasteiger partial charge is 0.481 e. The normalized spacial score (nSPS) is 17.1. The first-order valence-electron chi connectivity index (χ1n) is 5.21. The number of hydrogen-bond acceptors (Lipinski definition) is 6. The highest BCUT2D eigenvalue weighted by Gasteiger charge is 2.16. The molecule has 0 amide bonds. The van der Waals surface area contributed by atoms with Crippen LogP contribution in [0.4, 0.5) is 5.95 Å². The Morgan fingerprint density at radius 1 is 1.31 bits per heavy atom. The minimum absolute atomic E-state index is 0.132. The Hall–Kier alpha value is -1.56. The molecule has 1 aliphatic heterocycles. The maximum atomic E-state index is 5.69. The Balaban J connectivity index is 2.04. The standard InChI is InChI=1S/C10H15N3O3/c1-14-8-6-9(13-10(11)12-8)16-7-2-4-15-5-3-7/h6-7H,2-5H2,1H3,(H2,11,12,13). The first-order valence-corrected chi connectivity index (χ1v) is 5.21. The molecule has 6 heteroatoms. The zero-order valence-electron chi connectivity index (χ0n) is 9.18. The summed E-state index contributed by atoms with van der Waals surface area (Å²) in [7, 11) is 1.53. The number of aromatic nitrogens is 2. The van der Waals surface area contributed by atoms with Gasteiger partial charge in [-0.2, -0.15) is 9.97 Å². The molecule has 16 heavy (non-hydrogen) atoms. The van der Waals surface area contributed by atoms with Gasteiger partial charge in [0.1, 0.15) is 6.10 Å². The van der Waals surface area contributed by atoms with Gasteiger partial charge in [0.2, 0.25) is 17.7 Å². The van der Waals surface area contributed by atoms with Gasteiger partial charge in [-0.25, -0.2) is 0 Å². The van der Waals surface area contributed by atoms with E-state index in [1.807, 2.05) is 0 Å². The van der Waals surface area contributed by atoms with Gasteiger partial charge < -0.3 is 19.9 Å². The maximum absolute atomic E-state index is 5.69. The second-order valence-electron chi connectivity index (χ2n) is 3.54. The lowest BCUT2D eigenvalue weighted by Gasteiger charge is -2.22. The summed E-state index contributed by atoms with van der Waals surface area (Å²) in [6.45, 7) is 1.45. The summed E-state index contributed by atoms with van der Waals surface area (Å²) in [6, 6.07) is 1.63. The quantitative estimate of drug-likeness (QED) is 0.812. The van der Waals surface area contributed by atoms with Crippen LogP contribution in [0.2, 0.25) is 0 Å². The molecular formula is C10H15N3O3. The van der Waals surface area contributed by atoms with Gasteiger partial charge >= 0.3 is 0 Å². The van der Waals surface area contributed by atoms with Crippen molar-refractivity contribution >= 4 is 5.95 Å². The van der Waals surface area contributed by atoms with Crippen molar-refractivity contribution in [3.8, 4) is 11.8 Å². The molecule has 0 aromatic carbocycles. The highest BCUT2D eigenvalue weighted by molar-refractivity contribution is 5.29. The number of ether oxygens (including phenoxy) is 3. The predicted octanol–water partition coefficient (Wildman–Crippen LogP) is 0.625. The van der Waals surface area contributed by atoms with E-state index in [-0.39, 0.29) is 12.1 Å². The minimum Gasteiger partial charge on any atom is -0.481 e. The van der Waals surface area contributed by atoms with Crippen LogP contribution in [0.15, 0.2) is 6.07 Å². The molecule has 1 aliphatic rings. The average Bonchev–Trinajstić information content (AvgIpc) is 2.29. The number of methoxy groups -OCH3 is 1. The molecule has 6 nitrogen and oxygen atoms in total. The second kappa shape index (κ2) is 4.98. The third-order valence-corrected chi connectivity index (χ3v) is 2.36. The molecule has 2 heterocycles. The van der Waals surface area contributed by atoms with Crippen LogP contribution in [-0.2, 0) is 4.74 Å². The lowest BCUT2D eigenvalue weighted by molar-refractivity contribution is 0.0236. The molecule has 0 saturated carbocycles. The van der Waals surface area contributed by atoms with Crippen LogP contribution in [0, 0.1) is 0 Å².